The molecule has 0 aliphatic heterocycles. The van der Waals surface area contributed by atoms with Crippen LogP contribution in [0.1, 0.15) is 17.0 Å². The van der Waals surface area contributed by atoms with Crippen molar-refractivity contribution >= 4 is 17.3 Å². The third-order valence-corrected chi connectivity index (χ3v) is 3.23. The van der Waals surface area contributed by atoms with E-state index in [1.807, 2.05) is 47.2 Å². The molecule has 2 aromatic rings. The van der Waals surface area contributed by atoms with Crippen LogP contribution >= 0.6 is 11.3 Å². The maximum absolute atomic E-state index is 11.2. The van der Waals surface area contributed by atoms with Crippen molar-refractivity contribution in [3.05, 3.63) is 58.3 Å². The van der Waals surface area contributed by atoms with E-state index in [1.165, 1.54) is 11.3 Å². The second kappa shape index (κ2) is 4.94. The average molecular weight is 232 g/mol. The second-order valence-electron chi connectivity index (χ2n) is 3.64. The van der Waals surface area contributed by atoms with Gasteiger partial charge in [-0.25, -0.2) is 0 Å². The quantitative estimate of drug-likeness (QED) is 0.879. The lowest BCUT2D eigenvalue weighted by molar-refractivity contribution is -0.138. The van der Waals surface area contributed by atoms with Gasteiger partial charge in [0.1, 0.15) is 0 Å². The summed E-state index contributed by atoms with van der Waals surface area (Å²) in [6.45, 7) is 0. The summed E-state index contributed by atoms with van der Waals surface area (Å²) in [5, 5.41) is 13.0. The van der Waals surface area contributed by atoms with Gasteiger partial charge in [0.15, 0.2) is 0 Å². The molecule has 0 aliphatic carbocycles. The van der Waals surface area contributed by atoms with Crippen LogP contribution in [0.4, 0.5) is 0 Å². The molecule has 0 fully saturated rings. The molecule has 0 saturated heterocycles. The molecule has 1 aromatic carbocycles. The van der Waals surface area contributed by atoms with Crippen LogP contribution in [0.15, 0.2) is 47.2 Å². The zero-order valence-electron chi connectivity index (χ0n) is 8.67. The standard InChI is InChI=1S/C13H12O2S/c14-13(15)12(11-6-7-16-9-11)8-10-4-2-1-3-5-10/h1-7,9,12H,8H2,(H,14,15). The molecule has 0 aliphatic rings. The molecule has 3 heteroatoms. The molecular formula is C13H12O2S. The van der Waals surface area contributed by atoms with Gasteiger partial charge in [-0.05, 0) is 34.4 Å². The Morgan fingerprint density at radius 2 is 2.00 bits per heavy atom. The molecule has 1 unspecified atom stereocenters. The van der Waals surface area contributed by atoms with Gasteiger partial charge in [0, 0.05) is 0 Å². The third kappa shape index (κ3) is 2.49. The van der Waals surface area contributed by atoms with E-state index in [9.17, 15) is 9.90 Å². The first-order valence-corrected chi connectivity index (χ1v) is 6.00. The van der Waals surface area contributed by atoms with Crippen LogP contribution < -0.4 is 0 Å². The lowest BCUT2D eigenvalue weighted by Gasteiger charge is -2.10. The zero-order valence-corrected chi connectivity index (χ0v) is 9.48. The molecule has 0 bridgehead atoms. The Hall–Kier alpha value is -1.61. The number of thiophene rings is 1. The van der Waals surface area contributed by atoms with E-state index in [-0.39, 0.29) is 0 Å². The lowest BCUT2D eigenvalue weighted by atomic mass is 9.94. The summed E-state index contributed by atoms with van der Waals surface area (Å²) in [5.41, 5.74) is 1.95. The van der Waals surface area contributed by atoms with Gasteiger partial charge in [-0.3, -0.25) is 4.79 Å². The summed E-state index contributed by atoms with van der Waals surface area (Å²) in [4.78, 5) is 11.2. The summed E-state index contributed by atoms with van der Waals surface area (Å²) in [5.74, 6) is -1.20. The maximum Gasteiger partial charge on any atom is 0.311 e. The van der Waals surface area contributed by atoms with E-state index in [0.717, 1.165) is 11.1 Å². The van der Waals surface area contributed by atoms with Gasteiger partial charge in [0.2, 0.25) is 0 Å². The molecule has 0 amide bonds. The number of hydrogen-bond acceptors (Lipinski definition) is 2. The summed E-state index contributed by atoms with van der Waals surface area (Å²) >= 11 is 1.53. The van der Waals surface area contributed by atoms with Crippen molar-refractivity contribution in [1.29, 1.82) is 0 Å². The van der Waals surface area contributed by atoms with Crippen LogP contribution in [0.2, 0.25) is 0 Å². The van der Waals surface area contributed by atoms with Crippen molar-refractivity contribution in [2.24, 2.45) is 0 Å². The van der Waals surface area contributed by atoms with Crippen molar-refractivity contribution in [3.63, 3.8) is 0 Å². The van der Waals surface area contributed by atoms with Gasteiger partial charge >= 0.3 is 5.97 Å². The van der Waals surface area contributed by atoms with Gasteiger partial charge in [-0.1, -0.05) is 30.3 Å². The van der Waals surface area contributed by atoms with Crippen LogP contribution in [-0.4, -0.2) is 11.1 Å². The Balaban J connectivity index is 2.19. The van der Waals surface area contributed by atoms with Crippen LogP contribution in [-0.2, 0) is 11.2 Å². The largest absolute Gasteiger partial charge is 0.481 e. The number of carbonyl (C=O) groups is 1. The number of carboxylic acids is 1. The van der Waals surface area contributed by atoms with Crippen LogP contribution in [0.3, 0.4) is 0 Å². The predicted molar refractivity (Wildman–Crippen MR) is 64.8 cm³/mol. The minimum Gasteiger partial charge on any atom is -0.481 e. The molecule has 1 atom stereocenters. The van der Waals surface area contributed by atoms with Crippen molar-refractivity contribution in [2.75, 3.05) is 0 Å². The molecule has 0 spiro atoms. The number of benzene rings is 1. The summed E-state index contributed by atoms with van der Waals surface area (Å²) in [6.07, 6.45) is 0.549. The first-order chi connectivity index (χ1) is 7.77. The lowest BCUT2D eigenvalue weighted by Crippen LogP contribution is -2.13. The molecule has 2 nitrogen and oxygen atoms in total. The number of aliphatic carboxylic acids is 1. The smallest absolute Gasteiger partial charge is 0.311 e. The predicted octanol–water partition coefficient (Wildman–Crippen LogP) is 3.16. The van der Waals surface area contributed by atoms with Gasteiger partial charge in [0.25, 0.3) is 0 Å². The van der Waals surface area contributed by atoms with E-state index in [2.05, 4.69) is 0 Å². The highest BCUT2D eigenvalue weighted by Gasteiger charge is 2.20. The fraction of sp³-hybridized carbons (Fsp3) is 0.154. The second-order valence-corrected chi connectivity index (χ2v) is 4.42. The Morgan fingerprint density at radius 3 is 2.56 bits per heavy atom. The minimum atomic E-state index is -0.762. The van der Waals surface area contributed by atoms with Crippen molar-refractivity contribution in [1.82, 2.24) is 0 Å². The fourth-order valence-corrected chi connectivity index (χ4v) is 2.39. The van der Waals surface area contributed by atoms with Crippen LogP contribution in [0.5, 0.6) is 0 Å². The Kier molecular flexibility index (Phi) is 3.37. The molecule has 1 N–H and O–H groups in total. The topological polar surface area (TPSA) is 37.3 Å². The Labute approximate surface area is 98.2 Å². The highest BCUT2D eigenvalue weighted by molar-refractivity contribution is 7.08. The van der Waals surface area contributed by atoms with Gasteiger partial charge in [-0.15, -0.1) is 0 Å². The zero-order chi connectivity index (χ0) is 11.4. The minimum absolute atomic E-state index is 0.436. The number of hydrogen-bond donors (Lipinski definition) is 1. The first-order valence-electron chi connectivity index (χ1n) is 5.06. The van der Waals surface area contributed by atoms with Crippen LogP contribution in [0, 0.1) is 0 Å². The molecular weight excluding hydrogens is 220 g/mol. The summed E-state index contributed by atoms with van der Waals surface area (Å²) in [6, 6.07) is 11.6. The highest BCUT2D eigenvalue weighted by Crippen LogP contribution is 2.23. The normalized spacial score (nSPS) is 12.2. The molecule has 1 heterocycles. The van der Waals surface area contributed by atoms with Crippen molar-refractivity contribution in [3.8, 4) is 0 Å². The maximum atomic E-state index is 11.2. The van der Waals surface area contributed by atoms with Crippen molar-refractivity contribution in [2.45, 2.75) is 12.3 Å². The van der Waals surface area contributed by atoms with E-state index in [0.29, 0.717) is 6.42 Å². The van der Waals surface area contributed by atoms with Crippen molar-refractivity contribution < 1.29 is 9.90 Å². The highest BCUT2D eigenvalue weighted by atomic mass is 32.1. The molecule has 0 radical (unpaired) electrons. The monoisotopic (exact) mass is 232 g/mol. The molecule has 1 aromatic heterocycles. The number of rotatable bonds is 4. The molecule has 16 heavy (non-hydrogen) atoms. The molecule has 0 saturated carbocycles. The van der Waals surface area contributed by atoms with Crippen LogP contribution in [0.25, 0.3) is 0 Å². The van der Waals surface area contributed by atoms with Gasteiger partial charge in [-0.2, -0.15) is 11.3 Å². The Bertz CT molecular complexity index is 448. The van der Waals surface area contributed by atoms with E-state index in [1.54, 1.807) is 0 Å². The first kappa shape index (κ1) is 10.9. The fourth-order valence-electron chi connectivity index (χ4n) is 1.67. The summed E-state index contributed by atoms with van der Waals surface area (Å²) in [7, 11) is 0. The molecule has 2 rings (SSSR count). The Morgan fingerprint density at radius 1 is 1.25 bits per heavy atom. The van der Waals surface area contributed by atoms with E-state index < -0.39 is 11.9 Å². The number of carboxylic acid groups (broad SMARTS) is 1. The summed E-state index contributed by atoms with van der Waals surface area (Å²) < 4.78 is 0. The van der Waals surface area contributed by atoms with Gasteiger partial charge < -0.3 is 5.11 Å². The average Bonchev–Trinajstić information content (AvgIpc) is 2.80. The van der Waals surface area contributed by atoms with E-state index in [4.69, 9.17) is 0 Å². The third-order valence-electron chi connectivity index (χ3n) is 2.53. The van der Waals surface area contributed by atoms with Gasteiger partial charge in [0.05, 0.1) is 5.92 Å². The SMILES string of the molecule is O=C(O)C(Cc1ccccc1)c1ccsc1. The molecule has 82 valence electrons. The van der Waals surface area contributed by atoms with E-state index >= 15 is 0 Å².